The highest BCUT2D eigenvalue weighted by atomic mass is 127. The van der Waals surface area contributed by atoms with Crippen molar-refractivity contribution in [2.75, 3.05) is 6.61 Å². The molecule has 0 aliphatic heterocycles. The number of rotatable bonds is 3. The molecule has 0 aliphatic rings. The van der Waals surface area contributed by atoms with Crippen molar-refractivity contribution < 1.29 is 5.11 Å². The monoisotopic (exact) mass is 294 g/mol. The highest BCUT2D eigenvalue weighted by Gasteiger charge is 2.03. The van der Waals surface area contributed by atoms with Gasteiger partial charge in [0.05, 0.1) is 6.20 Å². The van der Waals surface area contributed by atoms with Crippen LogP contribution in [0.5, 0.6) is 0 Å². The molecule has 1 aromatic heterocycles. The van der Waals surface area contributed by atoms with Crippen LogP contribution in [0, 0.1) is 9.49 Å². The zero-order valence-electron chi connectivity index (χ0n) is 7.27. The van der Waals surface area contributed by atoms with Crippen molar-refractivity contribution in [2.24, 2.45) is 5.92 Å². The average molecular weight is 294 g/mol. The van der Waals surface area contributed by atoms with E-state index in [0.29, 0.717) is 6.54 Å². The van der Waals surface area contributed by atoms with E-state index in [0.717, 1.165) is 3.57 Å². The van der Waals surface area contributed by atoms with Crippen LogP contribution in [0.1, 0.15) is 6.92 Å². The molecule has 0 amide bonds. The van der Waals surface area contributed by atoms with E-state index in [1.807, 2.05) is 29.5 Å². The third-order valence-corrected chi connectivity index (χ3v) is 2.22. The van der Waals surface area contributed by atoms with Gasteiger partial charge in [0, 0.05) is 22.8 Å². The molecule has 0 fully saturated rings. The van der Waals surface area contributed by atoms with Crippen molar-refractivity contribution in [1.29, 1.82) is 0 Å². The number of halogens is 1. The molecule has 72 valence electrons. The SMILES string of the molecule is CC(CO)Cn1ncc(I)cc1=O. The summed E-state index contributed by atoms with van der Waals surface area (Å²) >= 11 is 2.04. The Labute approximate surface area is 89.7 Å². The second kappa shape index (κ2) is 4.71. The zero-order valence-corrected chi connectivity index (χ0v) is 9.43. The van der Waals surface area contributed by atoms with E-state index >= 15 is 0 Å². The molecule has 0 saturated heterocycles. The van der Waals surface area contributed by atoms with Crippen LogP contribution >= 0.6 is 22.6 Å². The lowest BCUT2D eigenvalue weighted by atomic mass is 10.2. The first-order chi connectivity index (χ1) is 6.13. The predicted octanol–water partition coefficient (Wildman–Crippen LogP) is 0.476. The molecular formula is C8H11IN2O2. The zero-order chi connectivity index (χ0) is 9.84. The molecule has 0 radical (unpaired) electrons. The van der Waals surface area contributed by atoms with Gasteiger partial charge in [-0.05, 0) is 28.5 Å². The summed E-state index contributed by atoms with van der Waals surface area (Å²) < 4.78 is 2.19. The second-order valence-electron chi connectivity index (χ2n) is 2.98. The Kier molecular flexibility index (Phi) is 3.86. The van der Waals surface area contributed by atoms with Crippen molar-refractivity contribution in [3.8, 4) is 0 Å². The van der Waals surface area contributed by atoms with Crippen molar-refractivity contribution in [1.82, 2.24) is 9.78 Å². The molecular weight excluding hydrogens is 283 g/mol. The van der Waals surface area contributed by atoms with E-state index in [-0.39, 0.29) is 18.1 Å². The van der Waals surface area contributed by atoms with Crippen LogP contribution in [-0.2, 0) is 6.54 Å². The molecule has 0 saturated carbocycles. The largest absolute Gasteiger partial charge is 0.396 e. The van der Waals surface area contributed by atoms with Gasteiger partial charge in [0.1, 0.15) is 0 Å². The first-order valence-electron chi connectivity index (χ1n) is 3.97. The quantitative estimate of drug-likeness (QED) is 0.825. The van der Waals surface area contributed by atoms with E-state index in [1.54, 1.807) is 6.20 Å². The molecule has 0 aromatic carbocycles. The van der Waals surface area contributed by atoms with E-state index in [4.69, 9.17) is 5.11 Å². The number of nitrogens with zero attached hydrogens (tertiary/aromatic N) is 2. The molecule has 1 unspecified atom stereocenters. The van der Waals surface area contributed by atoms with E-state index < -0.39 is 0 Å². The lowest BCUT2D eigenvalue weighted by Crippen LogP contribution is -2.26. The van der Waals surface area contributed by atoms with Crippen LogP contribution in [-0.4, -0.2) is 21.5 Å². The van der Waals surface area contributed by atoms with E-state index in [2.05, 4.69) is 5.10 Å². The minimum atomic E-state index is -0.118. The maximum absolute atomic E-state index is 11.3. The molecule has 1 N–H and O–H groups in total. The van der Waals surface area contributed by atoms with Gasteiger partial charge in [0.15, 0.2) is 0 Å². The van der Waals surface area contributed by atoms with Crippen LogP contribution in [0.2, 0.25) is 0 Å². The summed E-state index contributed by atoms with van der Waals surface area (Å²) in [6.45, 7) is 2.40. The summed E-state index contributed by atoms with van der Waals surface area (Å²) in [5.74, 6) is 0.0604. The Balaban J connectivity index is 2.84. The molecule has 0 aliphatic carbocycles. The van der Waals surface area contributed by atoms with Crippen LogP contribution < -0.4 is 5.56 Å². The third kappa shape index (κ3) is 3.07. The summed E-state index contributed by atoms with van der Waals surface area (Å²) in [5.41, 5.74) is -0.118. The van der Waals surface area contributed by atoms with Crippen LogP contribution in [0.25, 0.3) is 0 Å². The van der Waals surface area contributed by atoms with Gasteiger partial charge >= 0.3 is 0 Å². The Bertz CT molecular complexity index is 337. The number of hydrogen-bond acceptors (Lipinski definition) is 3. The summed E-state index contributed by atoms with van der Waals surface area (Å²) in [7, 11) is 0. The van der Waals surface area contributed by atoms with Crippen molar-refractivity contribution >= 4 is 22.6 Å². The maximum atomic E-state index is 11.3. The first kappa shape index (κ1) is 10.6. The Morgan fingerprint density at radius 1 is 1.77 bits per heavy atom. The summed E-state index contributed by atoms with van der Waals surface area (Å²) in [4.78, 5) is 11.3. The summed E-state index contributed by atoms with van der Waals surface area (Å²) in [6, 6.07) is 1.53. The normalized spacial score (nSPS) is 12.8. The molecule has 1 rings (SSSR count). The topological polar surface area (TPSA) is 55.1 Å². The smallest absolute Gasteiger partial charge is 0.267 e. The van der Waals surface area contributed by atoms with Gasteiger partial charge in [-0.15, -0.1) is 0 Å². The standard InChI is InChI=1S/C8H11IN2O2/c1-6(5-12)4-11-8(13)2-7(9)3-10-11/h2-3,6,12H,4-5H2,1H3. The second-order valence-corrected chi connectivity index (χ2v) is 4.23. The molecule has 1 heterocycles. The van der Waals surface area contributed by atoms with Crippen LogP contribution in [0.3, 0.4) is 0 Å². The molecule has 13 heavy (non-hydrogen) atoms. The first-order valence-corrected chi connectivity index (χ1v) is 5.05. The number of aliphatic hydroxyl groups is 1. The molecule has 1 atom stereocenters. The Morgan fingerprint density at radius 3 is 3.00 bits per heavy atom. The lowest BCUT2D eigenvalue weighted by Gasteiger charge is -2.08. The van der Waals surface area contributed by atoms with Gasteiger partial charge in [-0.25, -0.2) is 4.68 Å². The van der Waals surface area contributed by atoms with Gasteiger partial charge < -0.3 is 5.11 Å². The Morgan fingerprint density at radius 2 is 2.46 bits per heavy atom. The van der Waals surface area contributed by atoms with Gasteiger partial charge in [-0.3, -0.25) is 4.79 Å². The molecule has 0 bridgehead atoms. The third-order valence-electron chi connectivity index (χ3n) is 1.63. The molecule has 5 heteroatoms. The van der Waals surface area contributed by atoms with Crippen LogP contribution in [0.15, 0.2) is 17.1 Å². The molecule has 4 nitrogen and oxygen atoms in total. The number of hydrogen-bond donors (Lipinski definition) is 1. The molecule has 1 aromatic rings. The van der Waals surface area contributed by atoms with Gasteiger partial charge in [-0.2, -0.15) is 5.10 Å². The lowest BCUT2D eigenvalue weighted by molar-refractivity contribution is 0.217. The number of aliphatic hydroxyl groups excluding tert-OH is 1. The van der Waals surface area contributed by atoms with Gasteiger partial charge in [0.25, 0.3) is 5.56 Å². The van der Waals surface area contributed by atoms with E-state index in [9.17, 15) is 4.79 Å². The van der Waals surface area contributed by atoms with Crippen molar-refractivity contribution in [3.05, 3.63) is 26.2 Å². The predicted molar refractivity (Wildman–Crippen MR) is 57.5 cm³/mol. The minimum Gasteiger partial charge on any atom is -0.396 e. The fourth-order valence-corrected chi connectivity index (χ4v) is 1.29. The summed E-state index contributed by atoms with van der Waals surface area (Å²) in [5, 5.41) is 12.7. The van der Waals surface area contributed by atoms with Crippen LogP contribution in [0.4, 0.5) is 0 Å². The minimum absolute atomic E-state index is 0.0604. The molecule has 0 spiro atoms. The summed E-state index contributed by atoms with van der Waals surface area (Å²) in [6.07, 6.45) is 1.63. The van der Waals surface area contributed by atoms with Crippen molar-refractivity contribution in [2.45, 2.75) is 13.5 Å². The van der Waals surface area contributed by atoms with Gasteiger partial charge in [-0.1, -0.05) is 6.92 Å². The van der Waals surface area contributed by atoms with E-state index in [1.165, 1.54) is 10.7 Å². The van der Waals surface area contributed by atoms with Crippen molar-refractivity contribution in [3.63, 3.8) is 0 Å². The maximum Gasteiger partial charge on any atom is 0.267 e. The number of aromatic nitrogens is 2. The highest BCUT2D eigenvalue weighted by molar-refractivity contribution is 14.1. The highest BCUT2D eigenvalue weighted by Crippen LogP contribution is 1.98. The Hall–Kier alpha value is -0.430. The fraction of sp³-hybridized carbons (Fsp3) is 0.500. The average Bonchev–Trinajstić information content (AvgIpc) is 2.09. The fourth-order valence-electron chi connectivity index (χ4n) is 0.902. The van der Waals surface area contributed by atoms with Gasteiger partial charge in [0.2, 0.25) is 0 Å².